The van der Waals surface area contributed by atoms with E-state index in [1.54, 1.807) is 7.11 Å². The van der Waals surface area contributed by atoms with Crippen molar-refractivity contribution < 1.29 is 14.4 Å². The summed E-state index contributed by atoms with van der Waals surface area (Å²) in [5.41, 5.74) is 1.40. The third-order valence-electron chi connectivity index (χ3n) is 3.67. The molecule has 0 radical (unpaired) electrons. The van der Waals surface area contributed by atoms with E-state index in [4.69, 9.17) is 9.47 Å². The second-order valence-corrected chi connectivity index (χ2v) is 5.60. The standard InChI is InChI=1S/C19H25NO2/c1-20(16-17-8-4-3-5-9-17)14-6-7-15-22-19-12-10-18(21-2)11-13-19/h3-5,8-13H,6-7,14-16H2,1-2H3/p+1. The van der Waals surface area contributed by atoms with Crippen LogP contribution in [0.5, 0.6) is 11.5 Å². The fourth-order valence-corrected chi connectivity index (χ4v) is 2.42. The Hall–Kier alpha value is -2.00. The Morgan fingerprint density at radius 2 is 1.55 bits per heavy atom. The molecule has 118 valence electrons. The van der Waals surface area contributed by atoms with Gasteiger partial charge in [0.2, 0.25) is 0 Å². The van der Waals surface area contributed by atoms with Crippen LogP contribution >= 0.6 is 0 Å². The van der Waals surface area contributed by atoms with Crippen molar-refractivity contribution in [2.75, 3.05) is 27.3 Å². The minimum absolute atomic E-state index is 0.769. The van der Waals surface area contributed by atoms with Crippen LogP contribution in [0.2, 0.25) is 0 Å². The van der Waals surface area contributed by atoms with Crippen LogP contribution in [-0.2, 0) is 6.54 Å². The molecule has 0 saturated carbocycles. The predicted octanol–water partition coefficient (Wildman–Crippen LogP) is 2.57. The fourth-order valence-electron chi connectivity index (χ4n) is 2.42. The molecular weight excluding hydrogens is 274 g/mol. The van der Waals surface area contributed by atoms with Gasteiger partial charge in [0, 0.05) is 5.56 Å². The minimum atomic E-state index is 0.769. The van der Waals surface area contributed by atoms with E-state index in [1.807, 2.05) is 24.3 Å². The number of nitrogens with one attached hydrogen (secondary N) is 1. The highest BCUT2D eigenvalue weighted by molar-refractivity contribution is 5.31. The Morgan fingerprint density at radius 1 is 0.864 bits per heavy atom. The zero-order valence-corrected chi connectivity index (χ0v) is 13.5. The quantitative estimate of drug-likeness (QED) is 0.719. The summed E-state index contributed by atoms with van der Waals surface area (Å²) in [6, 6.07) is 18.4. The lowest BCUT2D eigenvalue weighted by molar-refractivity contribution is -0.894. The number of rotatable bonds is 9. The van der Waals surface area contributed by atoms with Gasteiger partial charge in [0.05, 0.1) is 27.3 Å². The number of ether oxygens (including phenoxy) is 2. The molecule has 1 atom stereocenters. The predicted molar refractivity (Wildman–Crippen MR) is 89.6 cm³/mol. The maximum absolute atomic E-state index is 5.74. The van der Waals surface area contributed by atoms with E-state index in [0.717, 1.165) is 31.1 Å². The molecule has 1 N–H and O–H groups in total. The van der Waals surface area contributed by atoms with E-state index in [9.17, 15) is 0 Å². The van der Waals surface area contributed by atoms with Crippen molar-refractivity contribution in [3.8, 4) is 11.5 Å². The van der Waals surface area contributed by atoms with Gasteiger partial charge in [0.1, 0.15) is 18.0 Å². The molecule has 0 aromatic heterocycles. The summed E-state index contributed by atoms with van der Waals surface area (Å²) >= 11 is 0. The SMILES string of the molecule is COc1ccc(OCCCC[NH+](C)Cc2ccccc2)cc1. The summed E-state index contributed by atoms with van der Waals surface area (Å²) in [6.07, 6.45) is 2.26. The van der Waals surface area contributed by atoms with E-state index in [0.29, 0.717) is 0 Å². The highest BCUT2D eigenvalue weighted by Gasteiger charge is 2.03. The van der Waals surface area contributed by atoms with Crippen LogP contribution < -0.4 is 14.4 Å². The Labute approximate surface area is 133 Å². The van der Waals surface area contributed by atoms with Crippen molar-refractivity contribution in [1.82, 2.24) is 0 Å². The van der Waals surface area contributed by atoms with Crippen molar-refractivity contribution in [3.05, 3.63) is 60.2 Å². The number of methoxy groups -OCH3 is 1. The van der Waals surface area contributed by atoms with Gasteiger partial charge in [-0.3, -0.25) is 0 Å². The van der Waals surface area contributed by atoms with Crippen LogP contribution in [0.15, 0.2) is 54.6 Å². The van der Waals surface area contributed by atoms with E-state index in [2.05, 4.69) is 37.4 Å². The van der Waals surface area contributed by atoms with Gasteiger partial charge in [-0.15, -0.1) is 0 Å². The normalized spacial score (nSPS) is 11.9. The molecule has 0 aliphatic heterocycles. The van der Waals surface area contributed by atoms with Crippen molar-refractivity contribution in [2.45, 2.75) is 19.4 Å². The molecule has 0 bridgehead atoms. The summed E-state index contributed by atoms with van der Waals surface area (Å²) in [4.78, 5) is 1.54. The minimum Gasteiger partial charge on any atom is -0.497 e. The first-order chi connectivity index (χ1) is 10.8. The van der Waals surface area contributed by atoms with Gasteiger partial charge in [-0.1, -0.05) is 30.3 Å². The molecule has 0 aliphatic carbocycles. The van der Waals surface area contributed by atoms with Crippen LogP contribution in [-0.4, -0.2) is 27.3 Å². The molecule has 2 aromatic rings. The lowest BCUT2D eigenvalue weighted by Gasteiger charge is -2.14. The molecule has 2 aromatic carbocycles. The molecule has 0 heterocycles. The van der Waals surface area contributed by atoms with Crippen LogP contribution in [0.1, 0.15) is 18.4 Å². The monoisotopic (exact) mass is 300 g/mol. The van der Waals surface area contributed by atoms with Crippen LogP contribution in [0, 0.1) is 0 Å². The molecule has 3 heteroatoms. The summed E-state index contributed by atoms with van der Waals surface area (Å²) < 4.78 is 10.9. The largest absolute Gasteiger partial charge is 0.497 e. The highest BCUT2D eigenvalue weighted by atomic mass is 16.5. The smallest absolute Gasteiger partial charge is 0.119 e. The Morgan fingerprint density at radius 3 is 2.23 bits per heavy atom. The number of hydrogen-bond acceptors (Lipinski definition) is 2. The van der Waals surface area contributed by atoms with Crippen LogP contribution in [0.3, 0.4) is 0 Å². The maximum atomic E-state index is 5.74. The highest BCUT2D eigenvalue weighted by Crippen LogP contribution is 2.17. The topological polar surface area (TPSA) is 22.9 Å². The lowest BCUT2D eigenvalue weighted by atomic mass is 10.2. The number of quaternary nitrogens is 1. The second-order valence-electron chi connectivity index (χ2n) is 5.60. The zero-order valence-electron chi connectivity index (χ0n) is 13.5. The average Bonchev–Trinajstić information content (AvgIpc) is 2.56. The molecule has 0 fully saturated rings. The first kappa shape index (κ1) is 16.4. The van der Waals surface area contributed by atoms with Crippen LogP contribution in [0.4, 0.5) is 0 Å². The van der Waals surface area contributed by atoms with Gasteiger partial charge in [-0.25, -0.2) is 0 Å². The molecule has 22 heavy (non-hydrogen) atoms. The van der Waals surface area contributed by atoms with E-state index < -0.39 is 0 Å². The van der Waals surface area contributed by atoms with E-state index in [-0.39, 0.29) is 0 Å². The summed E-state index contributed by atoms with van der Waals surface area (Å²) in [6.45, 7) is 3.02. The maximum Gasteiger partial charge on any atom is 0.119 e. The molecule has 2 rings (SSSR count). The summed E-state index contributed by atoms with van der Waals surface area (Å²) in [5, 5.41) is 0. The molecular formula is C19H26NO2+. The Kier molecular flexibility index (Phi) is 6.78. The van der Waals surface area contributed by atoms with Crippen LogP contribution in [0.25, 0.3) is 0 Å². The van der Waals surface area contributed by atoms with Gasteiger partial charge < -0.3 is 14.4 Å². The van der Waals surface area contributed by atoms with Gasteiger partial charge in [0.15, 0.2) is 0 Å². The molecule has 0 saturated heterocycles. The first-order valence-electron chi connectivity index (χ1n) is 7.90. The lowest BCUT2D eigenvalue weighted by Crippen LogP contribution is -3.07. The molecule has 0 spiro atoms. The zero-order chi connectivity index (χ0) is 15.6. The third-order valence-corrected chi connectivity index (χ3v) is 3.67. The van der Waals surface area contributed by atoms with Crippen molar-refractivity contribution in [2.24, 2.45) is 0 Å². The van der Waals surface area contributed by atoms with Crippen molar-refractivity contribution in [1.29, 1.82) is 0 Å². The van der Waals surface area contributed by atoms with Crippen molar-refractivity contribution >= 4 is 0 Å². The Balaban J connectivity index is 1.58. The van der Waals surface area contributed by atoms with E-state index in [1.165, 1.54) is 23.4 Å². The molecule has 0 amide bonds. The van der Waals surface area contributed by atoms with Crippen molar-refractivity contribution in [3.63, 3.8) is 0 Å². The van der Waals surface area contributed by atoms with Gasteiger partial charge >= 0.3 is 0 Å². The van der Waals surface area contributed by atoms with Gasteiger partial charge in [-0.05, 0) is 37.1 Å². The average molecular weight is 300 g/mol. The summed E-state index contributed by atoms with van der Waals surface area (Å²) in [5.74, 6) is 1.77. The number of benzene rings is 2. The summed E-state index contributed by atoms with van der Waals surface area (Å²) in [7, 11) is 3.92. The number of hydrogen-bond donors (Lipinski definition) is 1. The van der Waals surface area contributed by atoms with E-state index >= 15 is 0 Å². The molecule has 1 unspecified atom stereocenters. The molecule has 0 aliphatic rings. The first-order valence-corrected chi connectivity index (χ1v) is 7.90. The van der Waals surface area contributed by atoms with Gasteiger partial charge in [0.25, 0.3) is 0 Å². The fraction of sp³-hybridized carbons (Fsp3) is 0.368. The Bertz CT molecular complexity index is 525. The van der Waals surface area contributed by atoms with Gasteiger partial charge in [-0.2, -0.15) is 0 Å². The third kappa shape index (κ3) is 5.78. The molecule has 3 nitrogen and oxygen atoms in total. The second kappa shape index (κ2) is 9.11. The number of unbranched alkanes of at least 4 members (excludes halogenated alkanes) is 1.